The van der Waals surface area contributed by atoms with E-state index in [-0.39, 0.29) is 0 Å². The highest BCUT2D eigenvalue weighted by Crippen LogP contribution is 2.37. The van der Waals surface area contributed by atoms with Gasteiger partial charge in [-0.15, -0.1) is 0 Å². The van der Waals surface area contributed by atoms with Crippen molar-refractivity contribution in [1.82, 2.24) is 15.2 Å². The number of aromatic amines is 1. The highest BCUT2D eigenvalue weighted by Gasteiger charge is 2.31. The summed E-state index contributed by atoms with van der Waals surface area (Å²) in [6, 6.07) is 9.01. The molecule has 0 aliphatic rings. The molecule has 0 fully saturated rings. The molecule has 0 radical (unpaired) electrons. The Morgan fingerprint density at radius 3 is 2.69 bits per heavy atom. The molecule has 1 aromatic carbocycles. The quantitative estimate of drug-likeness (QED) is 0.703. The van der Waals surface area contributed by atoms with Gasteiger partial charge in [0.15, 0.2) is 0 Å². The number of hydrogen-bond donors (Lipinski definition) is 3. The fraction of sp³-hybridized carbons (Fsp3) is 0.111. The monoisotopic (exact) mass is 237 g/mol. The van der Waals surface area contributed by atoms with Crippen LogP contribution in [0.15, 0.2) is 36.7 Å². The minimum absolute atomic E-state index is 0.367. The molecule has 82 valence electrons. The van der Waals surface area contributed by atoms with Gasteiger partial charge in [-0.25, -0.2) is 5.10 Å². The van der Waals surface area contributed by atoms with Crippen LogP contribution >= 0.6 is 8.03 Å². The van der Waals surface area contributed by atoms with Gasteiger partial charge in [0.25, 0.3) is 5.78 Å². The Hall–Kier alpha value is -1.78. The summed E-state index contributed by atoms with van der Waals surface area (Å²) >= 11 is 0. The number of hydrogen-bond acceptors (Lipinski definition) is 4. The summed E-state index contributed by atoms with van der Waals surface area (Å²) in [4.78, 5) is 13.1. The summed E-state index contributed by atoms with van der Waals surface area (Å²) in [7, 11) is -2.39. The van der Waals surface area contributed by atoms with Gasteiger partial charge in [-0.1, -0.05) is 30.3 Å². The largest absolute Gasteiger partial charge is 0.535 e. The van der Waals surface area contributed by atoms with Crippen molar-refractivity contribution in [1.29, 1.82) is 0 Å². The minimum Gasteiger partial charge on any atom is -0.305 e. The first-order valence-corrected chi connectivity index (χ1v) is 5.87. The molecule has 0 bridgehead atoms. The molecule has 16 heavy (non-hydrogen) atoms. The number of nitrogens with zero attached hydrogens (tertiary/aromatic N) is 2. The molecule has 0 saturated heterocycles. The number of anilines is 1. The molecule has 0 spiro atoms. The Kier molecular flexibility index (Phi) is 3.24. The zero-order valence-corrected chi connectivity index (χ0v) is 9.13. The molecule has 0 saturated carbocycles. The lowest BCUT2D eigenvalue weighted by molar-refractivity contribution is 0.494. The summed E-state index contributed by atoms with van der Waals surface area (Å²) < 4.78 is 11.2. The maximum absolute atomic E-state index is 11.2. The second-order valence-electron chi connectivity index (χ2n) is 3.09. The molecule has 3 N–H and O–H groups in total. The lowest BCUT2D eigenvalue weighted by atomic mass is 10.2. The lowest BCUT2D eigenvalue weighted by Gasteiger charge is -2.05. The van der Waals surface area contributed by atoms with Gasteiger partial charge in [0.2, 0.25) is 5.95 Å². The number of H-pyrrole nitrogens is 1. The second-order valence-corrected chi connectivity index (χ2v) is 4.22. The average Bonchev–Trinajstić information content (AvgIpc) is 2.79. The Bertz CT molecular complexity index is 460. The van der Waals surface area contributed by atoms with E-state index in [0.717, 1.165) is 5.56 Å². The van der Waals surface area contributed by atoms with Crippen molar-refractivity contribution in [2.24, 2.45) is 0 Å². The van der Waals surface area contributed by atoms with Crippen LogP contribution in [0.5, 0.6) is 0 Å². The first-order valence-electron chi connectivity index (χ1n) is 4.59. The van der Waals surface area contributed by atoms with Gasteiger partial charge in [-0.05, 0) is 4.57 Å². The molecule has 0 aliphatic heterocycles. The van der Waals surface area contributed by atoms with Crippen LogP contribution in [0.4, 0.5) is 5.95 Å². The van der Waals surface area contributed by atoms with Crippen molar-refractivity contribution in [3.63, 3.8) is 0 Å². The summed E-state index contributed by atoms with van der Waals surface area (Å²) in [6.07, 6.45) is 1.33. The summed E-state index contributed by atoms with van der Waals surface area (Å²) in [5, 5.41) is 9.05. The SMILES string of the molecule is O=[P+](O)C(Nc1ncn[nH]1)c1ccccc1. The third-order valence-corrected chi connectivity index (χ3v) is 2.89. The van der Waals surface area contributed by atoms with Crippen LogP contribution in [0.3, 0.4) is 0 Å². The topological polar surface area (TPSA) is 90.9 Å². The molecule has 0 amide bonds. The van der Waals surface area contributed by atoms with Crippen LogP contribution in [-0.2, 0) is 4.57 Å². The van der Waals surface area contributed by atoms with E-state index >= 15 is 0 Å². The van der Waals surface area contributed by atoms with E-state index in [4.69, 9.17) is 0 Å². The Balaban J connectivity index is 2.22. The molecular weight excluding hydrogens is 227 g/mol. The summed E-state index contributed by atoms with van der Waals surface area (Å²) in [6.45, 7) is 0. The van der Waals surface area contributed by atoms with Crippen molar-refractivity contribution < 1.29 is 9.46 Å². The van der Waals surface area contributed by atoms with E-state index in [1.54, 1.807) is 12.1 Å². The molecule has 7 heteroatoms. The Labute approximate surface area is 92.6 Å². The van der Waals surface area contributed by atoms with Crippen LogP contribution in [0.1, 0.15) is 11.3 Å². The van der Waals surface area contributed by atoms with Gasteiger partial charge in [-0.3, -0.25) is 0 Å². The molecule has 2 unspecified atom stereocenters. The third-order valence-electron chi connectivity index (χ3n) is 2.02. The molecule has 0 aliphatic carbocycles. The normalized spacial score (nSPS) is 13.2. The van der Waals surface area contributed by atoms with E-state index in [1.807, 2.05) is 18.2 Å². The van der Waals surface area contributed by atoms with Gasteiger partial charge in [-0.2, -0.15) is 15.0 Å². The van der Waals surface area contributed by atoms with Crippen LogP contribution in [0.25, 0.3) is 0 Å². The van der Waals surface area contributed by atoms with Gasteiger partial charge in [0.05, 0.1) is 0 Å². The molecule has 2 atom stereocenters. The summed E-state index contributed by atoms with van der Waals surface area (Å²) in [5.41, 5.74) is 0.725. The van der Waals surface area contributed by atoms with E-state index in [1.165, 1.54) is 6.33 Å². The first-order chi connectivity index (χ1) is 7.77. The molecular formula is C9H10N4O2P+. The Morgan fingerprint density at radius 2 is 2.12 bits per heavy atom. The molecule has 1 heterocycles. The van der Waals surface area contributed by atoms with E-state index in [0.29, 0.717) is 5.95 Å². The van der Waals surface area contributed by atoms with E-state index in [9.17, 15) is 9.46 Å². The predicted octanol–water partition coefficient (Wildman–Crippen LogP) is 1.65. The zero-order valence-electron chi connectivity index (χ0n) is 8.24. The van der Waals surface area contributed by atoms with Crippen molar-refractivity contribution in [2.75, 3.05) is 5.32 Å². The number of benzene rings is 1. The van der Waals surface area contributed by atoms with Gasteiger partial charge < -0.3 is 5.32 Å². The van der Waals surface area contributed by atoms with Gasteiger partial charge in [0.1, 0.15) is 6.33 Å². The Morgan fingerprint density at radius 1 is 1.38 bits per heavy atom. The lowest BCUT2D eigenvalue weighted by Crippen LogP contribution is -2.07. The zero-order chi connectivity index (χ0) is 11.4. The predicted molar refractivity (Wildman–Crippen MR) is 59.0 cm³/mol. The van der Waals surface area contributed by atoms with Crippen molar-refractivity contribution >= 4 is 14.0 Å². The smallest absolute Gasteiger partial charge is 0.305 e. The molecule has 1 aromatic heterocycles. The van der Waals surface area contributed by atoms with Gasteiger partial charge in [0, 0.05) is 5.56 Å². The van der Waals surface area contributed by atoms with Crippen molar-refractivity contribution in [3.8, 4) is 0 Å². The number of rotatable bonds is 4. The third kappa shape index (κ3) is 2.42. The van der Waals surface area contributed by atoms with Crippen LogP contribution in [0.2, 0.25) is 0 Å². The minimum atomic E-state index is -2.39. The van der Waals surface area contributed by atoms with E-state index < -0.39 is 13.8 Å². The van der Waals surface area contributed by atoms with Crippen LogP contribution in [0, 0.1) is 0 Å². The molecule has 6 nitrogen and oxygen atoms in total. The van der Waals surface area contributed by atoms with Gasteiger partial charge >= 0.3 is 8.03 Å². The molecule has 2 aromatic rings. The molecule has 2 rings (SSSR count). The van der Waals surface area contributed by atoms with Crippen LogP contribution in [-0.4, -0.2) is 20.1 Å². The standard InChI is InChI=1S/C9H9N4O2P/c14-16(15)8(7-4-2-1-3-5-7)12-9-10-6-11-13-9/h1-6,8H,(H2-,10,11,12,13,14,15)/p+1. The fourth-order valence-corrected chi connectivity index (χ4v) is 1.97. The summed E-state index contributed by atoms with van der Waals surface area (Å²) in [5.74, 6) is -0.324. The highest BCUT2D eigenvalue weighted by molar-refractivity contribution is 7.38. The van der Waals surface area contributed by atoms with Crippen molar-refractivity contribution in [3.05, 3.63) is 42.2 Å². The highest BCUT2D eigenvalue weighted by atomic mass is 31.1. The first kappa shape index (κ1) is 10.7. The van der Waals surface area contributed by atoms with E-state index in [2.05, 4.69) is 20.5 Å². The fourth-order valence-electron chi connectivity index (χ4n) is 1.31. The number of nitrogens with one attached hydrogen (secondary N) is 2. The maximum atomic E-state index is 11.2. The number of aromatic nitrogens is 3. The maximum Gasteiger partial charge on any atom is 0.535 e. The average molecular weight is 237 g/mol. The van der Waals surface area contributed by atoms with Crippen LogP contribution < -0.4 is 5.32 Å². The van der Waals surface area contributed by atoms with Crippen molar-refractivity contribution in [2.45, 2.75) is 5.78 Å². The second kappa shape index (κ2) is 4.83.